The van der Waals surface area contributed by atoms with E-state index in [1.165, 1.54) is 6.20 Å². The fraction of sp³-hybridized carbons (Fsp3) is 0.286. The van der Waals surface area contributed by atoms with Gasteiger partial charge in [0.15, 0.2) is 5.15 Å². The first-order valence-corrected chi connectivity index (χ1v) is 4.37. The Balaban J connectivity index is 2.83. The Kier molecular flexibility index (Phi) is 3.45. The van der Waals surface area contributed by atoms with Crippen LogP contribution in [0.1, 0.15) is 13.3 Å². The second-order valence-corrected chi connectivity index (χ2v) is 2.94. The smallest absolute Gasteiger partial charge is 0.224 e. The Morgan fingerprint density at radius 3 is 2.85 bits per heavy atom. The lowest BCUT2D eigenvalue weighted by atomic mass is 10.4. The zero-order valence-corrected chi connectivity index (χ0v) is 8.35. The maximum Gasteiger partial charge on any atom is 0.224 e. The molecule has 0 aliphatic carbocycles. The predicted molar refractivity (Wildman–Crippen MR) is 51.0 cm³/mol. The Labute approximate surface area is 85.3 Å². The van der Waals surface area contributed by atoms with E-state index in [0.717, 1.165) is 0 Å². The molecule has 4 nitrogen and oxygen atoms in total. The highest BCUT2D eigenvalue weighted by atomic mass is 35.5. The highest BCUT2D eigenvalue weighted by Gasteiger charge is 2.05. The van der Waals surface area contributed by atoms with Crippen molar-refractivity contribution < 1.29 is 4.79 Å². The summed E-state index contributed by atoms with van der Waals surface area (Å²) in [5.41, 5.74) is 0.373. The molecule has 6 heteroatoms. The lowest BCUT2D eigenvalue weighted by molar-refractivity contribution is -0.115. The molecule has 1 aromatic rings. The summed E-state index contributed by atoms with van der Waals surface area (Å²) in [6.45, 7) is 1.74. The predicted octanol–water partition coefficient (Wildman–Crippen LogP) is 2.13. The molecule has 1 aromatic heterocycles. The zero-order chi connectivity index (χ0) is 9.84. The highest BCUT2D eigenvalue weighted by molar-refractivity contribution is 6.34. The average molecular weight is 220 g/mol. The molecule has 0 radical (unpaired) electrons. The van der Waals surface area contributed by atoms with Crippen molar-refractivity contribution in [1.82, 2.24) is 9.97 Å². The van der Waals surface area contributed by atoms with Crippen LogP contribution in [-0.4, -0.2) is 15.9 Å². The quantitative estimate of drug-likeness (QED) is 0.613. The van der Waals surface area contributed by atoms with Gasteiger partial charge in [-0.25, -0.2) is 9.97 Å². The van der Waals surface area contributed by atoms with E-state index >= 15 is 0 Å². The van der Waals surface area contributed by atoms with Crippen molar-refractivity contribution in [3.63, 3.8) is 0 Å². The van der Waals surface area contributed by atoms with Gasteiger partial charge in [-0.3, -0.25) is 4.79 Å². The van der Waals surface area contributed by atoms with E-state index in [4.69, 9.17) is 23.2 Å². The number of carbonyl (C=O) groups excluding carboxylic acids is 1. The summed E-state index contributed by atoms with van der Waals surface area (Å²) in [6.07, 6.45) is 1.74. The van der Waals surface area contributed by atoms with E-state index in [2.05, 4.69) is 15.3 Å². The third-order valence-electron chi connectivity index (χ3n) is 1.31. The van der Waals surface area contributed by atoms with Gasteiger partial charge in [0, 0.05) is 6.42 Å². The van der Waals surface area contributed by atoms with Gasteiger partial charge < -0.3 is 5.32 Å². The Bertz CT molecular complexity index is 330. The summed E-state index contributed by atoms with van der Waals surface area (Å²) in [5.74, 6) is -0.146. The molecule has 0 spiro atoms. The Morgan fingerprint density at radius 1 is 1.62 bits per heavy atom. The van der Waals surface area contributed by atoms with E-state index in [9.17, 15) is 4.79 Å². The molecule has 1 amide bonds. The number of hydrogen-bond acceptors (Lipinski definition) is 3. The molecule has 1 N–H and O–H groups in total. The number of hydrogen-bond donors (Lipinski definition) is 1. The number of halogens is 2. The molecule has 1 heterocycles. The van der Waals surface area contributed by atoms with E-state index in [0.29, 0.717) is 12.1 Å². The summed E-state index contributed by atoms with van der Waals surface area (Å²) in [6, 6.07) is 0. The second kappa shape index (κ2) is 4.39. The fourth-order valence-corrected chi connectivity index (χ4v) is 1.02. The van der Waals surface area contributed by atoms with Gasteiger partial charge in [0.1, 0.15) is 0 Å². The molecule has 13 heavy (non-hydrogen) atoms. The maximum absolute atomic E-state index is 11.0. The molecule has 0 aromatic carbocycles. The highest BCUT2D eigenvalue weighted by Crippen LogP contribution is 2.19. The molecule has 0 saturated heterocycles. The van der Waals surface area contributed by atoms with Crippen molar-refractivity contribution in [1.29, 1.82) is 0 Å². The van der Waals surface area contributed by atoms with Crippen molar-refractivity contribution >= 4 is 34.8 Å². The Morgan fingerprint density at radius 2 is 2.31 bits per heavy atom. The van der Waals surface area contributed by atoms with Gasteiger partial charge in [0.2, 0.25) is 11.2 Å². The maximum atomic E-state index is 11.0. The number of aromatic nitrogens is 2. The summed E-state index contributed by atoms with van der Waals surface area (Å²) in [5, 5.41) is 2.73. The SMILES string of the molecule is CCC(=O)Nc1cnc(Cl)nc1Cl. The number of carbonyl (C=O) groups is 1. The minimum atomic E-state index is -0.146. The molecule has 0 bridgehead atoms. The minimum absolute atomic E-state index is 0.0551. The van der Waals surface area contributed by atoms with Gasteiger partial charge in [0.05, 0.1) is 11.9 Å². The number of amides is 1. The second-order valence-electron chi connectivity index (χ2n) is 2.25. The molecule has 1 rings (SSSR count). The van der Waals surface area contributed by atoms with Crippen LogP contribution in [0.5, 0.6) is 0 Å². The number of nitrogens with zero attached hydrogens (tertiary/aromatic N) is 2. The first-order chi connectivity index (χ1) is 6.13. The van der Waals surface area contributed by atoms with Crippen LogP contribution >= 0.6 is 23.2 Å². The Hall–Kier alpha value is -0.870. The largest absolute Gasteiger partial charge is 0.322 e. The third kappa shape index (κ3) is 2.82. The van der Waals surface area contributed by atoms with Crippen LogP contribution in [0.15, 0.2) is 6.20 Å². The lowest BCUT2D eigenvalue weighted by Gasteiger charge is -2.03. The van der Waals surface area contributed by atoms with Crippen LogP contribution in [0, 0.1) is 0 Å². The van der Waals surface area contributed by atoms with Gasteiger partial charge >= 0.3 is 0 Å². The molecule has 0 unspecified atom stereocenters. The summed E-state index contributed by atoms with van der Waals surface area (Å²) >= 11 is 11.1. The number of anilines is 1. The summed E-state index contributed by atoms with van der Waals surface area (Å²) in [4.78, 5) is 18.3. The van der Waals surface area contributed by atoms with Gasteiger partial charge in [-0.2, -0.15) is 0 Å². The molecular formula is C7H7Cl2N3O. The monoisotopic (exact) mass is 219 g/mol. The minimum Gasteiger partial charge on any atom is -0.322 e. The van der Waals surface area contributed by atoms with Crippen LogP contribution in [0.2, 0.25) is 10.4 Å². The van der Waals surface area contributed by atoms with Crippen LogP contribution in [-0.2, 0) is 4.79 Å². The number of nitrogens with one attached hydrogen (secondary N) is 1. The first-order valence-electron chi connectivity index (χ1n) is 3.61. The van der Waals surface area contributed by atoms with Crippen molar-refractivity contribution in [2.24, 2.45) is 0 Å². The zero-order valence-electron chi connectivity index (χ0n) is 6.84. The van der Waals surface area contributed by atoms with E-state index in [1.807, 2.05) is 0 Å². The van der Waals surface area contributed by atoms with Gasteiger partial charge in [-0.1, -0.05) is 18.5 Å². The van der Waals surface area contributed by atoms with Crippen molar-refractivity contribution in [2.45, 2.75) is 13.3 Å². The molecular weight excluding hydrogens is 213 g/mol. The topological polar surface area (TPSA) is 54.9 Å². The van der Waals surface area contributed by atoms with Crippen LogP contribution in [0.3, 0.4) is 0 Å². The van der Waals surface area contributed by atoms with Gasteiger partial charge in [0.25, 0.3) is 0 Å². The van der Waals surface area contributed by atoms with Crippen molar-refractivity contribution in [3.8, 4) is 0 Å². The summed E-state index contributed by atoms with van der Waals surface area (Å²) < 4.78 is 0. The summed E-state index contributed by atoms with van der Waals surface area (Å²) in [7, 11) is 0. The van der Waals surface area contributed by atoms with Gasteiger partial charge in [-0.05, 0) is 11.6 Å². The first kappa shape index (κ1) is 10.2. The standard InChI is InChI=1S/C7H7Cl2N3O/c1-2-5(13)11-4-3-10-7(9)12-6(4)8/h3H,2H2,1H3,(H,11,13). The molecule has 0 aliphatic rings. The van der Waals surface area contributed by atoms with Crippen LogP contribution in [0.4, 0.5) is 5.69 Å². The average Bonchev–Trinajstić information content (AvgIpc) is 2.09. The molecule has 0 aliphatic heterocycles. The van der Waals surface area contributed by atoms with Crippen molar-refractivity contribution in [2.75, 3.05) is 5.32 Å². The fourth-order valence-electron chi connectivity index (χ4n) is 0.664. The third-order valence-corrected chi connectivity index (χ3v) is 1.78. The lowest BCUT2D eigenvalue weighted by Crippen LogP contribution is -2.10. The van der Waals surface area contributed by atoms with Crippen LogP contribution in [0.25, 0.3) is 0 Å². The van der Waals surface area contributed by atoms with Crippen molar-refractivity contribution in [3.05, 3.63) is 16.6 Å². The molecule has 0 atom stereocenters. The molecule has 0 saturated carbocycles. The van der Waals surface area contributed by atoms with Crippen LogP contribution < -0.4 is 5.32 Å². The normalized spacial score (nSPS) is 9.77. The van der Waals surface area contributed by atoms with E-state index in [1.54, 1.807) is 6.92 Å². The number of rotatable bonds is 2. The molecule has 70 valence electrons. The van der Waals surface area contributed by atoms with E-state index in [-0.39, 0.29) is 16.3 Å². The van der Waals surface area contributed by atoms with Gasteiger partial charge in [-0.15, -0.1) is 0 Å². The molecule has 0 fully saturated rings. The van der Waals surface area contributed by atoms with E-state index < -0.39 is 0 Å².